The van der Waals surface area contributed by atoms with E-state index in [1.54, 1.807) is 13.1 Å². The van der Waals surface area contributed by atoms with Crippen molar-refractivity contribution in [3.63, 3.8) is 0 Å². The second-order valence-electron chi connectivity index (χ2n) is 7.61. The molecule has 7 heteroatoms. The molecule has 30 heavy (non-hydrogen) atoms. The molecule has 1 aliphatic rings. The highest BCUT2D eigenvalue weighted by molar-refractivity contribution is 5.79. The maximum Gasteiger partial charge on any atom is 0.226 e. The molecule has 1 saturated heterocycles. The van der Waals surface area contributed by atoms with Crippen LogP contribution in [-0.4, -0.2) is 45.6 Å². The maximum absolute atomic E-state index is 13.1. The minimum absolute atomic E-state index is 0.0458. The van der Waals surface area contributed by atoms with E-state index in [0.29, 0.717) is 18.3 Å². The van der Waals surface area contributed by atoms with E-state index >= 15 is 0 Å². The maximum atomic E-state index is 13.1. The van der Waals surface area contributed by atoms with Crippen molar-refractivity contribution in [3.05, 3.63) is 60.1 Å². The highest BCUT2D eigenvalue weighted by Gasteiger charge is 2.29. The Balaban J connectivity index is 1.42. The Hall–Kier alpha value is -3.22. The van der Waals surface area contributed by atoms with Crippen LogP contribution >= 0.6 is 0 Å². The lowest BCUT2D eigenvalue weighted by Crippen LogP contribution is -2.42. The Morgan fingerprint density at radius 2 is 1.93 bits per heavy atom. The van der Waals surface area contributed by atoms with E-state index in [9.17, 15) is 4.79 Å². The predicted molar refractivity (Wildman–Crippen MR) is 115 cm³/mol. The first kappa shape index (κ1) is 20.1. The molecular formula is C23H27N5O2. The van der Waals surface area contributed by atoms with Gasteiger partial charge in [-0.2, -0.15) is 4.98 Å². The standard InChI is InChI=1S/C23H27N5O2/c1-3-27(16-18-8-5-4-6-9-18)23(29)19-11-14-28(15-12-19)22-20(10-7-13-24-22)21-25-17(2)30-26-21/h4-10,13,19H,3,11-12,14-16H2,1-2H3. The second kappa shape index (κ2) is 9.07. The number of hydrogen-bond donors (Lipinski definition) is 0. The van der Waals surface area contributed by atoms with Crippen LogP contribution in [-0.2, 0) is 11.3 Å². The minimum Gasteiger partial charge on any atom is -0.356 e. The minimum atomic E-state index is 0.0458. The van der Waals surface area contributed by atoms with Gasteiger partial charge in [0, 0.05) is 45.2 Å². The van der Waals surface area contributed by atoms with Crippen LogP contribution in [0.1, 0.15) is 31.2 Å². The van der Waals surface area contributed by atoms with E-state index < -0.39 is 0 Å². The van der Waals surface area contributed by atoms with Gasteiger partial charge in [-0.25, -0.2) is 4.98 Å². The Bertz CT molecular complexity index is 980. The molecule has 1 aromatic carbocycles. The van der Waals surface area contributed by atoms with E-state index in [1.807, 2.05) is 42.2 Å². The first-order valence-corrected chi connectivity index (χ1v) is 10.5. The Labute approximate surface area is 176 Å². The topological polar surface area (TPSA) is 75.4 Å². The number of amides is 1. The third-order valence-electron chi connectivity index (χ3n) is 5.61. The van der Waals surface area contributed by atoms with Gasteiger partial charge in [0.15, 0.2) is 0 Å². The van der Waals surface area contributed by atoms with Gasteiger partial charge in [0.05, 0.1) is 5.56 Å². The predicted octanol–water partition coefficient (Wildman–Crippen LogP) is 3.71. The number of aromatic nitrogens is 3. The Kier molecular flexibility index (Phi) is 6.07. The second-order valence-corrected chi connectivity index (χ2v) is 7.61. The number of carbonyl (C=O) groups excluding carboxylic acids is 1. The molecule has 0 radical (unpaired) electrons. The molecule has 156 valence electrons. The number of piperidine rings is 1. The number of aryl methyl sites for hydroxylation is 1. The summed E-state index contributed by atoms with van der Waals surface area (Å²) in [7, 11) is 0. The summed E-state index contributed by atoms with van der Waals surface area (Å²) >= 11 is 0. The number of pyridine rings is 1. The molecule has 3 aromatic rings. The molecule has 4 rings (SSSR count). The highest BCUT2D eigenvalue weighted by Crippen LogP contribution is 2.30. The van der Waals surface area contributed by atoms with Crippen molar-refractivity contribution in [1.82, 2.24) is 20.0 Å². The van der Waals surface area contributed by atoms with Crippen molar-refractivity contribution < 1.29 is 9.32 Å². The van der Waals surface area contributed by atoms with E-state index in [-0.39, 0.29) is 11.8 Å². The van der Waals surface area contributed by atoms with Gasteiger partial charge in [-0.05, 0) is 37.5 Å². The largest absolute Gasteiger partial charge is 0.356 e. The molecule has 0 spiro atoms. The van der Waals surface area contributed by atoms with E-state index in [2.05, 4.69) is 32.2 Å². The molecule has 1 amide bonds. The van der Waals surface area contributed by atoms with Gasteiger partial charge in [-0.15, -0.1) is 0 Å². The zero-order chi connectivity index (χ0) is 20.9. The fourth-order valence-corrected chi connectivity index (χ4v) is 3.98. The summed E-state index contributed by atoms with van der Waals surface area (Å²) in [5, 5.41) is 4.05. The van der Waals surface area contributed by atoms with Crippen LogP contribution < -0.4 is 4.90 Å². The summed E-state index contributed by atoms with van der Waals surface area (Å²) < 4.78 is 5.14. The molecule has 7 nitrogen and oxygen atoms in total. The van der Waals surface area contributed by atoms with Crippen molar-refractivity contribution in [2.45, 2.75) is 33.2 Å². The quantitative estimate of drug-likeness (QED) is 0.622. The molecule has 1 fully saturated rings. The number of benzene rings is 1. The fraction of sp³-hybridized carbons (Fsp3) is 0.391. The molecule has 3 heterocycles. The van der Waals surface area contributed by atoms with Crippen molar-refractivity contribution in [2.75, 3.05) is 24.5 Å². The van der Waals surface area contributed by atoms with Gasteiger partial charge in [0.25, 0.3) is 0 Å². The first-order valence-electron chi connectivity index (χ1n) is 10.5. The average Bonchev–Trinajstić information content (AvgIpc) is 3.24. The van der Waals surface area contributed by atoms with Crippen LogP contribution in [0.4, 0.5) is 5.82 Å². The zero-order valence-electron chi connectivity index (χ0n) is 17.5. The van der Waals surface area contributed by atoms with Gasteiger partial charge in [-0.3, -0.25) is 4.79 Å². The summed E-state index contributed by atoms with van der Waals surface area (Å²) in [5.41, 5.74) is 2.03. The lowest BCUT2D eigenvalue weighted by molar-refractivity contribution is -0.136. The number of carbonyl (C=O) groups is 1. The van der Waals surface area contributed by atoms with Crippen molar-refractivity contribution in [3.8, 4) is 11.4 Å². The summed E-state index contributed by atoms with van der Waals surface area (Å²) in [4.78, 5) is 26.2. The number of hydrogen-bond acceptors (Lipinski definition) is 6. The number of rotatable bonds is 6. The molecule has 0 atom stereocenters. The lowest BCUT2D eigenvalue weighted by atomic mass is 9.94. The third-order valence-corrected chi connectivity index (χ3v) is 5.61. The molecule has 0 unspecified atom stereocenters. The molecule has 1 aliphatic heterocycles. The van der Waals surface area contributed by atoms with E-state index in [4.69, 9.17) is 4.52 Å². The van der Waals surface area contributed by atoms with Crippen LogP contribution in [0, 0.1) is 12.8 Å². The van der Waals surface area contributed by atoms with Gasteiger partial charge < -0.3 is 14.3 Å². The lowest BCUT2D eigenvalue weighted by Gasteiger charge is -2.35. The molecule has 0 saturated carbocycles. The van der Waals surface area contributed by atoms with E-state index in [1.165, 1.54) is 5.56 Å². The normalized spacial score (nSPS) is 14.7. The monoisotopic (exact) mass is 405 g/mol. The van der Waals surface area contributed by atoms with Crippen LogP contribution in [0.3, 0.4) is 0 Å². The van der Waals surface area contributed by atoms with E-state index in [0.717, 1.165) is 43.9 Å². The SMILES string of the molecule is CCN(Cc1ccccc1)C(=O)C1CCN(c2ncccc2-c2noc(C)n2)CC1. The summed E-state index contributed by atoms with van der Waals surface area (Å²) in [6.07, 6.45) is 3.40. The van der Waals surface area contributed by atoms with Gasteiger partial charge >= 0.3 is 0 Å². The summed E-state index contributed by atoms with van der Waals surface area (Å²) in [5.74, 6) is 2.22. The Morgan fingerprint density at radius 3 is 2.60 bits per heavy atom. The molecule has 0 aliphatic carbocycles. The Morgan fingerprint density at radius 1 is 1.17 bits per heavy atom. The van der Waals surface area contributed by atoms with Crippen LogP contribution in [0.5, 0.6) is 0 Å². The first-order chi connectivity index (χ1) is 14.7. The van der Waals surface area contributed by atoms with Crippen LogP contribution in [0.15, 0.2) is 53.2 Å². The van der Waals surface area contributed by atoms with Gasteiger partial charge in [0.1, 0.15) is 5.82 Å². The number of nitrogens with zero attached hydrogens (tertiary/aromatic N) is 5. The highest BCUT2D eigenvalue weighted by atomic mass is 16.5. The van der Waals surface area contributed by atoms with Gasteiger partial charge in [-0.1, -0.05) is 35.5 Å². The van der Waals surface area contributed by atoms with Gasteiger partial charge in [0.2, 0.25) is 17.6 Å². The zero-order valence-corrected chi connectivity index (χ0v) is 17.5. The smallest absolute Gasteiger partial charge is 0.226 e. The summed E-state index contributed by atoms with van der Waals surface area (Å²) in [6.45, 7) is 6.76. The van der Waals surface area contributed by atoms with Crippen molar-refractivity contribution in [1.29, 1.82) is 0 Å². The molecule has 0 bridgehead atoms. The van der Waals surface area contributed by atoms with Crippen LogP contribution in [0.25, 0.3) is 11.4 Å². The average molecular weight is 406 g/mol. The molecule has 0 N–H and O–H groups in total. The number of anilines is 1. The van der Waals surface area contributed by atoms with Crippen molar-refractivity contribution in [2.24, 2.45) is 5.92 Å². The van der Waals surface area contributed by atoms with Crippen molar-refractivity contribution >= 4 is 11.7 Å². The molecule has 2 aromatic heterocycles. The summed E-state index contributed by atoms with van der Waals surface area (Å²) in [6, 6.07) is 14.0. The molecular weight excluding hydrogens is 378 g/mol. The fourth-order valence-electron chi connectivity index (χ4n) is 3.98. The third kappa shape index (κ3) is 4.35. The van der Waals surface area contributed by atoms with Crippen LogP contribution in [0.2, 0.25) is 0 Å².